The van der Waals surface area contributed by atoms with Crippen LogP contribution in [0.1, 0.15) is 11.1 Å². The third kappa shape index (κ3) is 3.45. The Kier molecular flexibility index (Phi) is 4.13. The van der Waals surface area contributed by atoms with Gasteiger partial charge in [0, 0.05) is 6.42 Å². The average molecular weight is 242 g/mol. The number of benzene rings is 2. The van der Waals surface area contributed by atoms with Crippen LogP contribution in [0.3, 0.4) is 0 Å². The molecule has 18 heavy (non-hydrogen) atoms. The molecule has 0 heterocycles. The largest absolute Gasteiger partial charge is 0.497 e. The fourth-order valence-corrected chi connectivity index (χ4v) is 1.72. The summed E-state index contributed by atoms with van der Waals surface area (Å²) >= 11 is 0. The predicted octanol–water partition coefficient (Wildman–Crippen LogP) is 4.25. The van der Waals surface area contributed by atoms with Gasteiger partial charge >= 0.3 is 0 Å². The van der Waals surface area contributed by atoms with Gasteiger partial charge < -0.3 is 4.74 Å². The number of hydrogen-bond donors (Lipinski definition) is 0. The topological polar surface area (TPSA) is 9.23 Å². The smallest absolute Gasteiger partial charge is 0.118 e. The van der Waals surface area contributed by atoms with Gasteiger partial charge in [0.1, 0.15) is 11.6 Å². The predicted molar refractivity (Wildman–Crippen MR) is 72.2 cm³/mol. The minimum absolute atomic E-state index is 0.147. The highest BCUT2D eigenvalue weighted by Gasteiger charge is 1.99. The fourth-order valence-electron chi connectivity index (χ4n) is 1.72. The number of halogens is 1. The third-order valence-electron chi connectivity index (χ3n) is 2.65. The number of ether oxygens (including phenoxy) is 1. The lowest BCUT2D eigenvalue weighted by atomic mass is 10.1. The first-order valence-corrected chi connectivity index (χ1v) is 5.82. The van der Waals surface area contributed by atoms with Gasteiger partial charge in [-0.25, -0.2) is 4.39 Å². The van der Waals surface area contributed by atoms with E-state index in [4.69, 9.17) is 4.74 Å². The van der Waals surface area contributed by atoms with Crippen molar-refractivity contribution in [1.82, 2.24) is 0 Å². The van der Waals surface area contributed by atoms with Crippen LogP contribution in [-0.4, -0.2) is 7.11 Å². The van der Waals surface area contributed by atoms with E-state index in [0.29, 0.717) is 6.42 Å². The summed E-state index contributed by atoms with van der Waals surface area (Å²) in [5.74, 6) is 0.627. The number of hydrogen-bond acceptors (Lipinski definition) is 1. The monoisotopic (exact) mass is 242 g/mol. The summed E-state index contributed by atoms with van der Waals surface area (Å²) in [5, 5.41) is 0. The number of rotatable bonds is 4. The van der Waals surface area contributed by atoms with Crippen LogP contribution in [0.25, 0.3) is 6.08 Å². The zero-order valence-electron chi connectivity index (χ0n) is 10.3. The Bertz CT molecular complexity index is 515. The van der Waals surface area contributed by atoms with Crippen molar-refractivity contribution in [2.75, 3.05) is 7.11 Å². The second-order valence-electron chi connectivity index (χ2n) is 4.03. The van der Waals surface area contributed by atoms with Crippen molar-refractivity contribution in [2.24, 2.45) is 0 Å². The average Bonchev–Trinajstić information content (AvgIpc) is 2.40. The Labute approximate surface area is 107 Å². The van der Waals surface area contributed by atoms with Crippen molar-refractivity contribution in [3.05, 3.63) is 71.6 Å². The maximum Gasteiger partial charge on any atom is 0.118 e. The van der Waals surface area contributed by atoms with Gasteiger partial charge in [-0.05, 0) is 29.3 Å². The lowest BCUT2D eigenvalue weighted by Crippen LogP contribution is -1.85. The van der Waals surface area contributed by atoms with Gasteiger partial charge in [-0.2, -0.15) is 0 Å². The van der Waals surface area contributed by atoms with Crippen LogP contribution in [0, 0.1) is 0 Å². The Morgan fingerprint density at radius 2 is 1.72 bits per heavy atom. The van der Waals surface area contributed by atoms with Gasteiger partial charge in [0.25, 0.3) is 0 Å². The van der Waals surface area contributed by atoms with Crippen LogP contribution in [0.2, 0.25) is 0 Å². The summed E-state index contributed by atoms with van der Waals surface area (Å²) in [6, 6.07) is 16.9. The van der Waals surface area contributed by atoms with Crippen molar-refractivity contribution in [3.8, 4) is 5.75 Å². The minimum Gasteiger partial charge on any atom is -0.497 e. The van der Waals surface area contributed by atoms with E-state index in [2.05, 4.69) is 0 Å². The van der Waals surface area contributed by atoms with Crippen molar-refractivity contribution in [1.29, 1.82) is 0 Å². The van der Waals surface area contributed by atoms with E-state index in [1.807, 2.05) is 54.6 Å². The van der Waals surface area contributed by atoms with Gasteiger partial charge in [0.05, 0.1) is 7.11 Å². The standard InChI is InChI=1S/C16H15FO/c1-18-16-9-7-14(8-10-16)12-15(17)11-13-5-3-2-4-6-13/h2-10,12H,11H2,1H3/b15-12-. The number of allylic oxidation sites excluding steroid dienone is 1. The van der Waals surface area contributed by atoms with Crippen molar-refractivity contribution in [3.63, 3.8) is 0 Å². The molecule has 0 fully saturated rings. The maximum absolute atomic E-state index is 13.8. The molecular weight excluding hydrogens is 227 g/mol. The summed E-state index contributed by atoms with van der Waals surface area (Å²) < 4.78 is 18.8. The fraction of sp³-hybridized carbons (Fsp3) is 0.125. The Morgan fingerprint density at radius 1 is 1.06 bits per heavy atom. The van der Waals surface area contributed by atoms with E-state index in [9.17, 15) is 4.39 Å². The van der Waals surface area contributed by atoms with Crippen molar-refractivity contribution >= 4 is 6.08 Å². The van der Waals surface area contributed by atoms with Crippen LogP contribution in [0.5, 0.6) is 5.75 Å². The molecule has 0 saturated carbocycles. The summed E-state index contributed by atoms with van der Waals surface area (Å²) in [4.78, 5) is 0. The van der Waals surface area contributed by atoms with Crippen LogP contribution < -0.4 is 4.74 Å². The Hall–Kier alpha value is -2.09. The minimum atomic E-state index is -0.147. The first-order chi connectivity index (χ1) is 8.78. The SMILES string of the molecule is COc1ccc(/C=C(\F)Cc2ccccc2)cc1. The zero-order chi connectivity index (χ0) is 12.8. The number of methoxy groups -OCH3 is 1. The first kappa shape index (κ1) is 12.4. The summed E-state index contributed by atoms with van der Waals surface area (Å²) in [5.41, 5.74) is 1.81. The molecule has 92 valence electrons. The molecule has 0 bridgehead atoms. The van der Waals surface area contributed by atoms with Crippen LogP contribution in [0.15, 0.2) is 60.4 Å². The molecule has 1 nitrogen and oxygen atoms in total. The summed E-state index contributed by atoms with van der Waals surface area (Å²) in [6.07, 6.45) is 1.87. The van der Waals surface area contributed by atoms with E-state index in [-0.39, 0.29) is 5.83 Å². The highest BCUT2D eigenvalue weighted by atomic mass is 19.1. The quantitative estimate of drug-likeness (QED) is 0.778. The lowest BCUT2D eigenvalue weighted by Gasteiger charge is -2.01. The Morgan fingerprint density at radius 3 is 2.33 bits per heavy atom. The molecule has 0 aliphatic rings. The second-order valence-corrected chi connectivity index (χ2v) is 4.03. The van der Waals surface area contributed by atoms with Crippen LogP contribution in [0.4, 0.5) is 4.39 Å². The van der Waals surface area contributed by atoms with Crippen LogP contribution in [-0.2, 0) is 6.42 Å². The molecule has 2 rings (SSSR count). The molecule has 0 atom stereocenters. The van der Waals surface area contributed by atoms with E-state index < -0.39 is 0 Å². The van der Waals surface area contributed by atoms with Gasteiger partial charge in [0.15, 0.2) is 0 Å². The molecule has 0 aromatic heterocycles. The van der Waals surface area contributed by atoms with Crippen molar-refractivity contribution < 1.29 is 9.13 Å². The highest BCUT2D eigenvalue weighted by molar-refractivity contribution is 5.53. The van der Waals surface area contributed by atoms with E-state index in [1.165, 1.54) is 0 Å². The van der Waals surface area contributed by atoms with E-state index >= 15 is 0 Å². The molecule has 0 amide bonds. The molecule has 2 aromatic rings. The third-order valence-corrected chi connectivity index (χ3v) is 2.65. The molecule has 0 aliphatic carbocycles. The molecule has 2 aromatic carbocycles. The molecule has 0 radical (unpaired) electrons. The van der Waals surface area contributed by atoms with Crippen molar-refractivity contribution in [2.45, 2.75) is 6.42 Å². The molecule has 0 unspecified atom stereocenters. The van der Waals surface area contributed by atoms with Crippen LogP contribution >= 0.6 is 0 Å². The van der Waals surface area contributed by atoms with E-state index in [0.717, 1.165) is 16.9 Å². The summed E-state index contributed by atoms with van der Waals surface area (Å²) in [6.45, 7) is 0. The molecule has 0 aliphatic heterocycles. The van der Waals surface area contributed by atoms with Gasteiger partial charge in [0.2, 0.25) is 0 Å². The van der Waals surface area contributed by atoms with Gasteiger partial charge in [-0.3, -0.25) is 0 Å². The first-order valence-electron chi connectivity index (χ1n) is 5.82. The molecule has 2 heteroatoms. The Balaban J connectivity index is 2.07. The summed E-state index contributed by atoms with van der Waals surface area (Å²) in [7, 11) is 1.61. The van der Waals surface area contributed by atoms with E-state index in [1.54, 1.807) is 13.2 Å². The molecular formula is C16H15FO. The zero-order valence-corrected chi connectivity index (χ0v) is 10.3. The second kappa shape index (κ2) is 6.01. The van der Waals surface area contributed by atoms with Gasteiger partial charge in [-0.15, -0.1) is 0 Å². The normalized spacial score (nSPS) is 11.3. The molecule has 0 saturated heterocycles. The molecule has 0 N–H and O–H groups in total. The lowest BCUT2D eigenvalue weighted by molar-refractivity contribution is 0.415. The molecule has 0 spiro atoms. The van der Waals surface area contributed by atoms with Gasteiger partial charge in [-0.1, -0.05) is 42.5 Å². The highest BCUT2D eigenvalue weighted by Crippen LogP contribution is 2.16. The maximum atomic E-state index is 13.8.